The van der Waals surface area contributed by atoms with Gasteiger partial charge in [0.05, 0.1) is 28.5 Å². The van der Waals surface area contributed by atoms with E-state index in [0.717, 1.165) is 29.7 Å². The molecule has 5 rings (SSSR count). The summed E-state index contributed by atoms with van der Waals surface area (Å²) in [7, 11) is -3.57. The maximum Gasteiger partial charge on any atom is 0.263 e. The minimum absolute atomic E-state index is 0.00329. The van der Waals surface area contributed by atoms with Crippen molar-refractivity contribution in [2.75, 3.05) is 13.1 Å². The summed E-state index contributed by atoms with van der Waals surface area (Å²) < 4.78 is 26.8. The summed E-state index contributed by atoms with van der Waals surface area (Å²) in [5, 5.41) is 0. The van der Waals surface area contributed by atoms with E-state index >= 15 is 0 Å². The topological polar surface area (TPSA) is 108 Å². The van der Waals surface area contributed by atoms with Gasteiger partial charge >= 0.3 is 0 Å². The molecule has 0 radical (unpaired) electrons. The number of nitrogens with zero attached hydrogens (tertiary/aromatic N) is 3. The Kier molecular flexibility index (Phi) is 4.54. The molecule has 1 saturated heterocycles. The number of aliphatic imine (C=N–C) groups is 1. The second-order valence-electron chi connectivity index (χ2n) is 7.47. The number of sulfonamides is 1. The number of rotatable bonds is 4. The molecule has 8 nitrogen and oxygen atoms in total. The van der Waals surface area contributed by atoms with Gasteiger partial charge in [0.15, 0.2) is 0 Å². The van der Waals surface area contributed by atoms with Crippen LogP contribution in [-0.4, -0.2) is 48.1 Å². The molecule has 1 fully saturated rings. The van der Waals surface area contributed by atoms with Gasteiger partial charge in [-0.1, -0.05) is 24.3 Å². The molecule has 2 aliphatic heterocycles. The van der Waals surface area contributed by atoms with Crippen molar-refractivity contribution in [2.24, 2.45) is 4.99 Å². The molecule has 1 amide bonds. The molecule has 2 aromatic carbocycles. The Bertz CT molecular complexity index is 1230. The van der Waals surface area contributed by atoms with Crippen LogP contribution in [0.2, 0.25) is 0 Å². The molecule has 1 unspecified atom stereocenters. The third-order valence-corrected chi connectivity index (χ3v) is 6.95. The van der Waals surface area contributed by atoms with Crippen LogP contribution in [0.1, 0.15) is 36.7 Å². The van der Waals surface area contributed by atoms with E-state index in [0.29, 0.717) is 17.9 Å². The summed E-state index contributed by atoms with van der Waals surface area (Å²) in [5.41, 5.74) is 2.40. The number of carbonyl (C=O) groups excluding carboxylic acids is 1. The maximum atomic E-state index is 12.9. The smallest absolute Gasteiger partial charge is 0.263 e. The summed E-state index contributed by atoms with van der Waals surface area (Å²) in [6.07, 6.45) is 2.01. The van der Waals surface area contributed by atoms with Crippen LogP contribution in [0, 0.1) is 0 Å². The van der Waals surface area contributed by atoms with Crippen molar-refractivity contribution in [1.82, 2.24) is 19.6 Å². The molecule has 1 atom stereocenters. The number of fused-ring (bicyclic) bond motifs is 2. The molecule has 0 aliphatic carbocycles. The van der Waals surface area contributed by atoms with Gasteiger partial charge in [-0.15, -0.1) is 0 Å². The van der Waals surface area contributed by atoms with Crippen LogP contribution >= 0.6 is 0 Å². The lowest BCUT2D eigenvalue weighted by molar-refractivity contribution is -0.132. The zero-order chi connectivity index (χ0) is 20.7. The lowest BCUT2D eigenvalue weighted by atomic mass is 10.2. The van der Waals surface area contributed by atoms with Crippen molar-refractivity contribution in [3.8, 4) is 0 Å². The molecule has 3 heterocycles. The maximum absolute atomic E-state index is 12.9. The molecule has 154 valence electrons. The Morgan fingerprint density at radius 3 is 2.83 bits per heavy atom. The third-order valence-electron chi connectivity index (χ3n) is 5.55. The minimum atomic E-state index is -3.57. The largest absolute Gasteiger partial charge is 0.340 e. The summed E-state index contributed by atoms with van der Waals surface area (Å²) >= 11 is 0. The Morgan fingerprint density at radius 2 is 1.97 bits per heavy atom. The predicted molar refractivity (Wildman–Crippen MR) is 113 cm³/mol. The number of H-pyrrole nitrogens is 1. The molecule has 2 N–H and O–H groups in total. The van der Waals surface area contributed by atoms with Gasteiger partial charge in [-0.3, -0.25) is 14.5 Å². The first-order valence-electron chi connectivity index (χ1n) is 9.94. The van der Waals surface area contributed by atoms with Gasteiger partial charge < -0.3 is 9.88 Å². The van der Waals surface area contributed by atoms with Crippen molar-refractivity contribution in [3.63, 3.8) is 0 Å². The second-order valence-corrected chi connectivity index (χ2v) is 9.12. The number of aromatic amines is 1. The fourth-order valence-corrected chi connectivity index (χ4v) is 5.39. The van der Waals surface area contributed by atoms with Gasteiger partial charge in [0.1, 0.15) is 11.7 Å². The molecule has 2 aliphatic rings. The van der Waals surface area contributed by atoms with E-state index in [-0.39, 0.29) is 29.8 Å². The minimum Gasteiger partial charge on any atom is -0.340 e. The Hall–Kier alpha value is -3.20. The van der Waals surface area contributed by atoms with Gasteiger partial charge in [0.25, 0.3) is 10.0 Å². The van der Waals surface area contributed by atoms with Gasteiger partial charge in [0.2, 0.25) is 5.91 Å². The highest BCUT2D eigenvalue weighted by Gasteiger charge is 2.32. The quantitative estimate of drug-likeness (QED) is 0.672. The molecule has 0 spiro atoms. The number of amidine groups is 1. The van der Waals surface area contributed by atoms with Crippen molar-refractivity contribution < 1.29 is 13.2 Å². The standard InChI is InChI=1S/C21H21N5O3S/c27-19(11-12-22-20-14-6-1-4-10-18(14)30(28,29)25-20)26-13-5-9-17(26)21-23-15-7-2-3-8-16(15)24-21/h1-4,6-8,10,17H,5,9,11-13H2,(H,22,25)(H,23,24). The monoisotopic (exact) mass is 423 g/mol. The van der Waals surface area contributed by atoms with Crippen LogP contribution in [0.5, 0.6) is 0 Å². The van der Waals surface area contributed by atoms with E-state index in [2.05, 4.69) is 19.7 Å². The van der Waals surface area contributed by atoms with Crippen LogP contribution in [0.15, 0.2) is 58.4 Å². The van der Waals surface area contributed by atoms with Gasteiger partial charge in [-0.05, 0) is 37.1 Å². The average molecular weight is 423 g/mol. The lowest BCUT2D eigenvalue weighted by Gasteiger charge is -2.23. The Balaban J connectivity index is 1.29. The van der Waals surface area contributed by atoms with E-state index in [1.165, 1.54) is 0 Å². The van der Waals surface area contributed by atoms with Crippen LogP contribution in [-0.2, 0) is 14.8 Å². The number of benzene rings is 2. The number of aromatic nitrogens is 2. The fraction of sp³-hybridized carbons (Fsp3) is 0.286. The first-order chi connectivity index (χ1) is 14.5. The van der Waals surface area contributed by atoms with E-state index < -0.39 is 10.0 Å². The zero-order valence-corrected chi connectivity index (χ0v) is 17.0. The zero-order valence-electron chi connectivity index (χ0n) is 16.2. The van der Waals surface area contributed by atoms with Crippen molar-refractivity contribution in [1.29, 1.82) is 0 Å². The average Bonchev–Trinajstić information content (AvgIpc) is 3.44. The summed E-state index contributed by atoms with van der Waals surface area (Å²) in [4.78, 5) is 27.3. The summed E-state index contributed by atoms with van der Waals surface area (Å²) in [5.74, 6) is 1.11. The van der Waals surface area contributed by atoms with E-state index in [9.17, 15) is 13.2 Å². The number of carbonyl (C=O) groups is 1. The normalized spacial score (nSPS) is 21.1. The molecular weight excluding hydrogens is 402 g/mol. The van der Waals surface area contributed by atoms with Crippen LogP contribution in [0.3, 0.4) is 0 Å². The van der Waals surface area contributed by atoms with Gasteiger partial charge in [-0.25, -0.2) is 13.4 Å². The van der Waals surface area contributed by atoms with Crippen molar-refractivity contribution in [2.45, 2.75) is 30.2 Å². The number of amides is 1. The van der Waals surface area contributed by atoms with Gasteiger partial charge in [-0.2, -0.15) is 0 Å². The molecular formula is C21H21N5O3S. The van der Waals surface area contributed by atoms with E-state index in [1.807, 2.05) is 29.2 Å². The Morgan fingerprint density at radius 1 is 1.17 bits per heavy atom. The number of nitrogens with one attached hydrogen (secondary N) is 2. The highest BCUT2D eigenvalue weighted by Crippen LogP contribution is 2.32. The molecule has 9 heteroatoms. The molecule has 0 bridgehead atoms. The highest BCUT2D eigenvalue weighted by molar-refractivity contribution is 7.90. The summed E-state index contributed by atoms with van der Waals surface area (Å²) in [6, 6.07) is 14.5. The Labute approximate surface area is 174 Å². The third kappa shape index (κ3) is 3.24. The van der Waals surface area contributed by atoms with Crippen LogP contribution in [0.25, 0.3) is 11.0 Å². The fourth-order valence-electron chi connectivity index (χ4n) is 4.14. The molecule has 1 aromatic heterocycles. The number of para-hydroxylation sites is 2. The molecule has 30 heavy (non-hydrogen) atoms. The number of hydrogen-bond donors (Lipinski definition) is 2. The number of hydrogen-bond acceptors (Lipinski definition) is 5. The van der Waals surface area contributed by atoms with Crippen molar-refractivity contribution in [3.05, 3.63) is 59.9 Å². The van der Waals surface area contributed by atoms with E-state index in [1.54, 1.807) is 24.3 Å². The number of imidazole rings is 1. The van der Waals surface area contributed by atoms with E-state index in [4.69, 9.17) is 0 Å². The lowest BCUT2D eigenvalue weighted by Crippen LogP contribution is -2.31. The first-order valence-corrected chi connectivity index (χ1v) is 11.4. The van der Waals surface area contributed by atoms with Crippen LogP contribution in [0.4, 0.5) is 0 Å². The van der Waals surface area contributed by atoms with Gasteiger partial charge in [0, 0.05) is 18.5 Å². The first kappa shape index (κ1) is 18.8. The predicted octanol–water partition coefficient (Wildman–Crippen LogP) is 2.36. The van der Waals surface area contributed by atoms with Crippen molar-refractivity contribution >= 4 is 32.8 Å². The molecule has 0 saturated carbocycles. The SMILES string of the molecule is O=C(CCN=C1NS(=O)(=O)c2ccccc21)N1CCCC1c1nc2ccccc2[nH]1. The van der Waals surface area contributed by atoms with Crippen LogP contribution < -0.4 is 4.72 Å². The second kappa shape index (κ2) is 7.24. The summed E-state index contributed by atoms with van der Waals surface area (Å²) in [6.45, 7) is 0.904. The highest BCUT2D eigenvalue weighted by atomic mass is 32.2. The molecule has 3 aromatic rings. The number of likely N-dealkylation sites (tertiary alicyclic amines) is 1.